The molecule has 1 unspecified atom stereocenters. The third kappa shape index (κ3) is 3.56. The van der Waals surface area contributed by atoms with Crippen LogP contribution in [0.4, 0.5) is 0 Å². The average Bonchev–Trinajstić information content (AvgIpc) is 3.39. The van der Waals surface area contributed by atoms with E-state index in [-0.39, 0.29) is 11.6 Å². The van der Waals surface area contributed by atoms with E-state index < -0.39 is 0 Å². The van der Waals surface area contributed by atoms with E-state index in [0.29, 0.717) is 18.5 Å². The first-order valence-corrected chi connectivity index (χ1v) is 11.0. The van der Waals surface area contributed by atoms with Gasteiger partial charge >= 0.3 is 0 Å². The number of benzene rings is 1. The second-order valence-corrected chi connectivity index (χ2v) is 8.36. The van der Waals surface area contributed by atoms with Gasteiger partial charge in [0.05, 0.1) is 35.8 Å². The number of imidazole rings is 1. The van der Waals surface area contributed by atoms with Gasteiger partial charge in [0.25, 0.3) is 5.56 Å². The van der Waals surface area contributed by atoms with E-state index in [1.54, 1.807) is 7.11 Å². The van der Waals surface area contributed by atoms with Crippen LogP contribution in [0.3, 0.4) is 0 Å². The van der Waals surface area contributed by atoms with Crippen molar-refractivity contribution in [3.8, 4) is 0 Å². The summed E-state index contributed by atoms with van der Waals surface area (Å²) in [5.41, 5.74) is 1.93. The zero-order valence-electron chi connectivity index (χ0n) is 17.6. The van der Waals surface area contributed by atoms with Gasteiger partial charge < -0.3 is 9.30 Å². The highest BCUT2D eigenvalue weighted by Gasteiger charge is 2.31. The van der Waals surface area contributed by atoms with Crippen molar-refractivity contribution in [1.82, 2.24) is 24.0 Å². The van der Waals surface area contributed by atoms with E-state index in [2.05, 4.69) is 15.7 Å². The smallest absolute Gasteiger partial charge is 0.261 e. The Kier molecular flexibility index (Phi) is 5.39. The number of hydrogen-bond acceptors (Lipinski definition) is 5. The maximum Gasteiger partial charge on any atom is 0.261 e. The van der Waals surface area contributed by atoms with Gasteiger partial charge in [0.2, 0.25) is 0 Å². The third-order valence-corrected chi connectivity index (χ3v) is 6.40. The SMILES string of the molecule is COCCn1c(C2CCCN2Cc2cn3c(n2)CCCC3)nc2ccccc2c1=O. The Morgan fingerprint density at radius 2 is 2.03 bits per heavy atom. The molecule has 2 aliphatic rings. The van der Waals surface area contributed by atoms with Crippen LogP contribution in [0, 0.1) is 0 Å². The molecule has 7 nitrogen and oxygen atoms in total. The van der Waals surface area contributed by atoms with Crippen LogP contribution in [-0.2, 0) is 30.8 Å². The van der Waals surface area contributed by atoms with Crippen molar-refractivity contribution in [2.75, 3.05) is 20.3 Å². The number of aryl methyl sites for hydroxylation is 2. The van der Waals surface area contributed by atoms with Crippen LogP contribution in [0.1, 0.15) is 49.1 Å². The van der Waals surface area contributed by atoms with Gasteiger partial charge in [0.1, 0.15) is 11.6 Å². The number of ether oxygens (including phenoxy) is 1. The molecule has 4 heterocycles. The highest BCUT2D eigenvalue weighted by molar-refractivity contribution is 5.77. The fourth-order valence-electron chi connectivity index (χ4n) is 4.90. The van der Waals surface area contributed by atoms with Crippen molar-refractivity contribution in [3.63, 3.8) is 0 Å². The topological polar surface area (TPSA) is 65.2 Å². The second-order valence-electron chi connectivity index (χ2n) is 8.36. The maximum atomic E-state index is 13.2. The highest BCUT2D eigenvalue weighted by Crippen LogP contribution is 2.32. The first-order chi connectivity index (χ1) is 14.7. The Bertz CT molecular complexity index is 1080. The molecule has 0 spiro atoms. The molecule has 0 amide bonds. The Morgan fingerprint density at radius 1 is 1.13 bits per heavy atom. The van der Waals surface area contributed by atoms with Crippen LogP contribution in [0.15, 0.2) is 35.3 Å². The van der Waals surface area contributed by atoms with Gasteiger partial charge in [-0.25, -0.2) is 9.97 Å². The normalized spacial score (nSPS) is 19.4. The van der Waals surface area contributed by atoms with Gasteiger partial charge in [0, 0.05) is 32.8 Å². The lowest BCUT2D eigenvalue weighted by Crippen LogP contribution is -2.33. The van der Waals surface area contributed by atoms with Crippen LogP contribution in [0.2, 0.25) is 0 Å². The molecule has 30 heavy (non-hydrogen) atoms. The molecule has 1 saturated heterocycles. The predicted molar refractivity (Wildman–Crippen MR) is 115 cm³/mol. The Hall–Kier alpha value is -2.51. The second kappa shape index (κ2) is 8.32. The molecule has 5 rings (SSSR count). The summed E-state index contributed by atoms with van der Waals surface area (Å²) in [5, 5.41) is 0.670. The number of rotatable bonds is 6. The number of para-hydroxylation sites is 1. The summed E-state index contributed by atoms with van der Waals surface area (Å²) in [6.45, 7) is 3.89. The van der Waals surface area contributed by atoms with Gasteiger partial charge in [-0.1, -0.05) is 12.1 Å². The average molecular weight is 408 g/mol. The monoisotopic (exact) mass is 407 g/mol. The molecule has 0 N–H and O–H groups in total. The van der Waals surface area contributed by atoms with E-state index in [1.165, 1.54) is 18.7 Å². The van der Waals surface area contributed by atoms with Gasteiger partial charge in [0.15, 0.2) is 0 Å². The van der Waals surface area contributed by atoms with E-state index >= 15 is 0 Å². The summed E-state index contributed by atoms with van der Waals surface area (Å²) in [7, 11) is 1.67. The zero-order valence-corrected chi connectivity index (χ0v) is 17.6. The summed E-state index contributed by atoms with van der Waals surface area (Å²) in [6, 6.07) is 7.76. The largest absolute Gasteiger partial charge is 0.383 e. The van der Waals surface area contributed by atoms with E-state index in [4.69, 9.17) is 14.7 Å². The summed E-state index contributed by atoms with van der Waals surface area (Å²) in [6.07, 6.45) is 7.87. The number of fused-ring (bicyclic) bond motifs is 2. The lowest BCUT2D eigenvalue weighted by atomic mass is 10.1. The standard InChI is InChI=1S/C23H29N5O2/c1-30-14-13-28-22(25-19-8-3-2-7-18(19)23(28)29)20-9-6-12-26(20)15-17-16-27-11-5-4-10-21(27)24-17/h2-3,7-8,16,20H,4-6,9-15H2,1H3. The first-order valence-electron chi connectivity index (χ1n) is 11.0. The van der Waals surface area contributed by atoms with Crippen molar-refractivity contribution in [2.24, 2.45) is 0 Å². The van der Waals surface area contributed by atoms with E-state index in [0.717, 1.165) is 55.9 Å². The quantitative estimate of drug-likeness (QED) is 0.629. The number of methoxy groups -OCH3 is 1. The van der Waals surface area contributed by atoms with Crippen molar-refractivity contribution >= 4 is 10.9 Å². The summed E-state index contributed by atoms with van der Waals surface area (Å²) in [4.78, 5) is 25.5. The molecule has 2 aromatic heterocycles. The third-order valence-electron chi connectivity index (χ3n) is 6.40. The van der Waals surface area contributed by atoms with Crippen LogP contribution in [0.5, 0.6) is 0 Å². The van der Waals surface area contributed by atoms with Crippen LogP contribution in [0.25, 0.3) is 10.9 Å². The van der Waals surface area contributed by atoms with Crippen LogP contribution in [-0.4, -0.2) is 44.3 Å². The molecule has 7 heteroatoms. The Labute approximate surface area is 176 Å². The molecule has 0 radical (unpaired) electrons. The molecule has 2 aliphatic heterocycles. The highest BCUT2D eigenvalue weighted by atomic mass is 16.5. The minimum atomic E-state index is 0.0250. The fraction of sp³-hybridized carbons (Fsp3) is 0.522. The zero-order chi connectivity index (χ0) is 20.5. The molecule has 0 bridgehead atoms. The minimum Gasteiger partial charge on any atom is -0.383 e. The van der Waals surface area contributed by atoms with Crippen LogP contribution >= 0.6 is 0 Å². The molecule has 1 atom stereocenters. The van der Waals surface area contributed by atoms with Gasteiger partial charge in [-0.3, -0.25) is 14.3 Å². The lowest BCUT2D eigenvalue weighted by Gasteiger charge is -2.26. The van der Waals surface area contributed by atoms with Gasteiger partial charge in [-0.2, -0.15) is 0 Å². The van der Waals surface area contributed by atoms with E-state index in [9.17, 15) is 4.79 Å². The Morgan fingerprint density at radius 3 is 2.90 bits per heavy atom. The van der Waals surface area contributed by atoms with Crippen molar-refractivity contribution < 1.29 is 4.74 Å². The number of aromatic nitrogens is 4. The number of likely N-dealkylation sites (tertiary alicyclic amines) is 1. The summed E-state index contributed by atoms with van der Waals surface area (Å²) in [5.74, 6) is 2.07. The first kappa shape index (κ1) is 19.5. The molecule has 0 aliphatic carbocycles. The predicted octanol–water partition coefficient (Wildman–Crippen LogP) is 2.91. The fourth-order valence-corrected chi connectivity index (χ4v) is 4.90. The van der Waals surface area contributed by atoms with Crippen molar-refractivity contribution in [1.29, 1.82) is 0 Å². The summed E-state index contributed by atoms with van der Waals surface area (Å²) >= 11 is 0. The van der Waals surface area contributed by atoms with Crippen LogP contribution < -0.4 is 5.56 Å². The molecule has 0 saturated carbocycles. The minimum absolute atomic E-state index is 0.0250. The molecule has 158 valence electrons. The van der Waals surface area contributed by atoms with Gasteiger partial charge in [-0.05, 0) is 44.4 Å². The molecular formula is C23H29N5O2. The molecular weight excluding hydrogens is 378 g/mol. The summed E-state index contributed by atoms with van der Waals surface area (Å²) < 4.78 is 9.42. The molecule has 1 aromatic carbocycles. The molecule has 3 aromatic rings. The van der Waals surface area contributed by atoms with Crippen molar-refractivity contribution in [2.45, 2.75) is 57.8 Å². The van der Waals surface area contributed by atoms with Crippen molar-refractivity contribution in [3.05, 3.63) is 58.2 Å². The lowest BCUT2D eigenvalue weighted by molar-refractivity contribution is 0.178. The molecule has 1 fully saturated rings. The number of hydrogen-bond donors (Lipinski definition) is 0. The van der Waals surface area contributed by atoms with E-state index in [1.807, 2.05) is 28.8 Å². The Balaban J connectivity index is 1.49. The number of nitrogens with zero attached hydrogens (tertiary/aromatic N) is 5. The maximum absolute atomic E-state index is 13.2. The van der Waals surface area contributed by atoms with Gasteiger partial charge in [-0.15, -0.1) is 0 Å².